The number of aromatic nitrogens is 1. The van der Waals surface area contributed by atoms with Gasteiger partial charge in [0.2, 0.25) is 11.8 Å². The highest BCUT2D eigenvalue weighted by molar-refractivity contribution is 6.74. The summed E-state index contributed by atoms with van der Waals surface area (Å²) in [4.78, 5) is -3.41. The summed E-state index contributed by atoms with van der Waals surface area (Å²) in [6.45, 7) is 9.98. The standard InChI is InChI=1S/C15H19Cl6NO3Si/c1-12(2,3)26(4,5)25-22-10(23)6-7(11(22)24)14(19)9(17)8(16)13(6,18)15(14,20)21/h8-9,23-24H,1-5H3. The smallest absolute Gasteiger partial charge is 0.284 e. The van der Waals surface area contributed by atoms with Gasteiger partial charge in [-0.15, -0.1) is 51.1 Å². The van der Waals surface area contributed by atoms with E-state index in [1.54, 1.807) is 0 Å². The number of nitrogens with zero attached hydrogens (tertiary/aromatic N) is 1. The molecule has 4 atom stereocenters. The molecular weight excluding hydrogens is 483 g/mol. The van der Waals surface area contributed by atoms with Crippen LogP contribution in [0.25, 0.3) is 0 Å². The molecule has 2 aliphatic carbocycles. The van der Waals surface area contributed by atoms with Crippen molar-refractivity contribution in [1.82, 2.24) is 4.73 Å². The third-order valence-electron chi connectivity index (χ3n) is 5.87. The number of hydrogen-bond donors (Lipinski definition) is 2. The molecule has 11 heteroatoms. The Bertz CT molecular complexity index is 744. The molecule has 0 radical (unpaired) electrons. The van der Waals surface area contributed by atoms with E-state index in [0.717, 1.165) is 4.73 Å². The molecule has 0 aliphatic heterocycles. The van der Waals surface area contributed by atoms with Crippen molar-refractivity contribution < 1.29 is 14.7 Å². The van der Waals surface area contributed by atoms with Crippen LogP contribution in [0.4, 0.5) is 0 Å². The molecule has 1 fully saturated rings. The van der Waals surface area contributed by atoms with Gasteiger partial charge in [-0.3, -0.25) is 0 Å². The summed E-state index contributed by atoms with van der Waals surface area (Å²) in [6.07, 6.45) is 0. The molecule has 1 aromatic heterocycles. The Balaban J connectivity index is 2.26. The van der Waals surface area contributed by atoms with Gasteiger partial charge in [0.05, 0.1) is 21.9 Å². The number of rotatable bonds is 2. The van der Waals surface area contributed by atoms with Gasteiger partial charge in [-0.2, -0.15) is 0 Å². The van der Waals surface area contributed by atoms with E-state index >= 15 is 0 Å². The van der Waals surface area contributed by atoms with Gasteiger partial charge in [-0.05, 0) is 18.1 Å². The van der Waals surface area contributed by atoms with Crippen molar-refractivity contribution in [2.24, 2.45) is 0 Å². The van der Waals surface area contributed by atoms with Gasteiger partial charge in [0, 0.05) is 0 Å². The van der Waals surface area contributed by atoms with Crippen molar-refractivity contribution in [3.63, 3.8) is 0 Å². The topological polar surface area (TPSA) is 54.6 Å². The normalized spacial score (nSPS) is 35.7. The first-order valence-corrected chi connectivity index (χ1v) is 13.2. The van der Waals surface area contributed by atoms with Gasteiger partial charge in [0.1, 0.15) is 9.75 Å². The monoisotopic (exact) mass is 499 g/mol. The molecule has 0 aromatic carbocycles. The Labute approximate surface area is 183 Å². The van der Waals surface area contributed by atoms with Crippen LogP contribution in [0.1, 0.15) is 31.9 Å². The lowest BCUT2D eigenvalue weighted by Gasteiger charge is -2.37. The van der Waals surface area contributed by atoms with Crippen molar-refractivity contribution in [2.45, 2.75) is 63.7 Å². The fourth-order valence-corrected chi connectivity index (χ4v) is 7.26. The summed E-state index contributed by atoms with van der Waals surface area (Å²) in [5.41, 5.74) is 0.0968. The van der Waals surface area contributed by atoms with Crippen molar-refractivity contribution in [3.05, 3.63) is 11.1 Å². The SMILES string of the molecule is CC(C)(C)[Si](C)(C)On1c(O)c2c(c1O)C1(Cl)C(Cl)C(Cl)C2(Cl)C1(Cl)Cl. The second-order valence-electron chi connectivity index (χ2n) is 8.34. The lowest BCUT2D eigenvalue weighted by molar-refractivity contribution is 0.178. The van der Waals surface area contributed by atoms with Crippen molar-refractivity contribution in [2.75, 3.05) is 0 Å². The summed E-state index contributed by atoms with van der Waals surface area (Å²) in [7, 11) is -2.42. The van der Waals surface area contributed by atoms with Crippen molar-refractivity contribution >= 4 is 77.9 Å². The molecule has 148 valence electrons. The lowest BCUT2D eigenvalue weighted by atomic mass is 9.93. The van der Waals surface area contributed by atoms with Crippen molar-refractivity contribution in [1.29, 1.82) is 0 Å². The zero-order chi connectivity index (χ0) is 20.2. The van der Waals surface area contributed by atoms with E-state index in [-0.39, 0.29) is 16.2 Å². The molecule has 26 heavy (non-hydrogen) atoms. The lowest BCUT2D eigenvalue weighted by Crippen LogP contribution is -2.48. The first-order chi connectivity index (χ1) is 11.5. The van der Waals surface area contributed by atoms with E-state index in [9.17, 15) is 10.2 Å². The summed E-state index contributed by atoms with van der Waals surface area (Å²) in [6, 6.07) is 0. The van der Waals surface area contributed by atoms with Crippen LogP contribution in [0.3, 0.4) is 0 Å². The quantitative estimate of drug-likeness (QED) is 0.408. The molecule has 1 aromatic rings. The minimum atomic E-state index is -2.42. The molecule has 2 N–H and O–H groups in total. The van der Waals surface area contributed by atoms with E-state index < -0.39 is 44.9 Å². The fourth-order valence-electron chi connectivity index (χ4n) is 3.27. The third kappa shape index (κ3) is 2.12. The predicted octanol–water partition coefficient (Wildman–Crippen LogP) is 5.62. The van der Waals surface area contributed by atoms with Crippen LogP contribution in [-0.4, -0.2) is 38.3 Å². The highest BCUT2D eigenvalue weighted by atomic mass is 35.5. The number of aromatic hydroxyl groups is 2. The van der Waals surface area contributed by atoms with Gasteiger partial charge in [-0.1, -0.05) is 44.0 Å². The Morgan fingerprint density at radius 2 is 1.27 bits per heavy atom. The number of alkyl halides is 6. The molecule has 2 aliphatic rings. The van der Waals surface area contributed by atoms with Crippen LogP contribution >= 0.6 is 69.6 Å². The maximum Gasteiger partial charge on any atom is 0.284 e. The van der Waals surface area contributed by atoms with E-state index in [4.69, 9.17) is 74.1 Å². The molecule has 4 unspecified atom stereocenters. The molecule has 1 heterocycles. The molecule has 1 saturated carbocycles. The molecule has 0 amide bonds. The minimum absolute atomic E-state index is 0.0484. The molecule has 3 rings (SSSR count). The number of fused-ring (bicyclic) bond motifs is 5. The summed E-state index contributed by atoms with van der Waals surface area (Å²) >= 11 is 39.2. The van der Waals surface area contributed by atoms with Crippen LogP contribution in [-0.2, 0) is 9.75 Å². The zero-order valence-electron chi connectivity index (χ0n) is 14.7. The third-order valence-corrected chi connectivity index (χ3v) is 14.6. The van der Waals surface area contributed by atoms with Gasteiger partial charge in [0.15, 0.2) is 4.33 Å². The number of halogens is 6. The van der Waals surface area contributed by atoms with Crippen LogP contribution < -0.4 is 4.53 Å². The summed E-state index contributed by atoms with van der Waals surface area (Å²) in [5, 5.41) is 19.5. The Hall–Kier alpha value is 0.637. The molecule has 0 spiro atoms. The van der Waals surface area contributed by atoms with Gasteiger partial charge in [-0.25, -0.2) is 0 Å². The van der Waals surface area contributed by atoms with Crippen LogP contribution in [0.2, 0.25) is 18.1 Å². The molecule has 4 nitrogen and oxygen atoms in total. The van der Waals surface area contributed by atoms with Gasteiger partial charge >= 0.3 is 0 Å². The number of hydrogen-bond acceptors (Lipinski definition) is 3. The molecule has 0 saturated heterocycles. The highest BCUT2D eigenvalue weighted by Gasteiger charge is 2.84. The van der Waals surface area contributed by atoms with Gasteiger partial charge in [0.25, 0.3) is 8.32 Å². The maximum atomic E-state index is 10.8. The minimum Gasteiger partial charge on any atom is -0.492 e. The predicted molar refractivity (Wildman–Crippen MR) is 110 cm³/mol. The fraction of sp³-hybridized carbons (Fsp3) is 0.733. The van der Waals surface area contributed by atoms with Gasteiger partial charge < -0.3 is 14.7 Å². The first-order valence-electron chi connectivity index (χ1n) is 7.88. The molecule has 2 bridgehead atoms. The maximum absolute atomic E-state index is 10.8. The van der Waals surface area contributed by atoms with E-state index in [0.29, 0.717) is 0 Å². The van der Waals surface area contributed by atoms with E-state index in [1.165, 1.54) is 0 Å². The van der Waals surface area contributed by atoms with Crippen LogP contribution in [0.15, 0.2) is 0 Å². The molecular formula is C15H19Cl6NO3Si. The highest BCUT2D eigenvalue weighted by Crippen LogP contribution is 2.79. The van der Waals surface area contributed by atoms with Crippen LogP contribution in [0.5, 0.6) is 11.8 Å². The first kappa shape index (κ1) is 21.3. The summed E-state index contributed by atoms with van der Waals surface area (Å²) < 4.78 is 5.14. The van der Waals surface area contributed by atoms with E-state index in [1.807, 2.05) is 33.9 Å². The average Bonchev–Trinajstić information content (AvgIpc) is 2.85. The van der Waals surface area contributed by atoms with Crippen LogP contribution in [0, 0.1) is 0 Å². The van der Waals surface area contributed by atoms with E-state index in [2.05, 4.69) is 0 Å². The Morgan fingerprint density at radius 3 is 1.58 bits per heavy atom. The Kier molecular flexibility index (Phi) is 4.61. The second-order valence-corrected chi connectivity index (χ2v) is 16.5. The zero-order valence-corrected chi connectivity index (χ0v) is 20.2. The largest absolute Gasteiger partial charge is 0.492 e. The second kappa shape index (κ2) is 5.62. The average molecular weight is 502 g/mol. The Morgan fingerprint density at radius 1 is 0.923 bits per heavy atom. The van der Waals surface area contributed by atoms with Crippen molar-refractivity contribution in [3.8, 4) is 11.8 Å². The summed E-state index contributed by atoms with van der Waals surface area (Å²) in [5.74, 6) is -0.862.